The average molecular weight is 225 g/mol. The summed E-state index contributed by atoms with van der Waals surface area (Å²) in [5, 5.41) is 3.84. The molecular weight excluding hydrogens is 194 g/mol. The van der Waals surface area contributed by atoms with Crippen LogP contribution >= 0.6 is 0 Å². The summed E-state index contributed by atoms with van der Waals surface area (Å²) in [5.41, 5.74) is 0. The fourth-order valence-electron chi connectivity index (χ4n) is 3.16. The molecule has 1 saturated carbocycles. The van der Waals surface area contributed by atoms with Gasteiger partial charge in [-0.25, -0.2) is 0 Å². The van der Waals surface area contributed by atoms with Crippen LogP contribution in [0.15, 0.2) is 0 Å². The lowest BCUT2D eigenvalue weighted by atomic mass is 9.79. The third-order valence-corrected chi connectivity index (χ3v) is 4.00. The van der Waals surface area contributed by atoms with E-state index in [0.29, 0.717) is 6.04 Å². The average Bonchev–Trinajstić information content (AvgIpc) is 2.16. The van der Waals surface area contributed by atoms with Crippen LogP contribution in [0.4, 0.5) is 0 Å². The van der Waals surface area contributed by atoms with Crippen LogP contribution in [-0.4, -0.2) is 12.1 Å². The molecule has 1 nitrogen and oxygen atoms in total. The predicted molar refractivity (Wildman–Crippen MR) is 72.6 cm³/mol. The summed E-state index contributed by atoms with van der Waals surface area (Å²) in [5.74, 6) is 2.63. The maximum Gasteiger partial charge on any atom is 0.00722 e. The number of nitrogens with one attached hydrogen (secondary N) is 1. The predicted octanol–water partition coefficient (Wildman–Crippen LogP) is 4.23. The lowest BCUT2D eigenvalue weighted by molar-refractivity contribution is 0.217. The first-order valence-electron chi connectivity index (χ1n) is 7.25. The minimum atomic E-state index is 0.691. The van der Waals surface area contributed by atoms with Gasteiger partial charge in [-0.2, -0.15) is 0 Å². The molecule has 0 radical (unpaired) electrons. The Balaban J connectivity index is 2.31. The smallest absolute Gasteiger partial charge is 0.00722 e. The van der Waals surface area contributed by atoms with Crippen LogP contribution in [-0.2, 0) is 0 Å². The zero-order valence-corrected chi connectivity index (χ0v) is 11.9. The minimum Gasteiger partial charge on any atom is -0.311 e. The van der Waals surface area contributed by atoms with E-state index in [2.05, 4.69) is 39.9 Å². The third kappa shape index (κ3) is 4.86. The Labute approximate surface area is 102 Å². The van der Waals surface area contributed by atoms with Gasteiger partial charge in [0.15, 0.2) is 0 Å². The molecule has 96 valence electrons. The van der Waals surface area contributed by atoms with Crippen LogP contribution in [0.5, 0.6) is 0 Å². The fraction of sp³-hybridized carbons (Fsp3) is 1.00. The van der Waals surface area contributed by atoms with Crippen molar-refractivity contribution in [1.82, 2.24) is 5.32 Å². The Morgan fingerprint density at radius 1 is 1.06 bits per heavy atom. The van der Waals surface area contributed by atoms with E-state index in [9.17, 15) is 0 Å². The molecule has 0 amide bonds. The highest BCUT2D eigenvalue weighted by molar-refractivity contribution is 4.81. The summed E-state index contributed by atoms with van der Waals surface area (Å²) in [4.78, 5) is 0. The first-order valence-corrected chi connectivity index (χ1v) is 7.25. The molecule has 0 aliphatic heterocycles. The van der Waals surface area contributed by atoms with Gasteiger partial charge in [-0.15, -0.1) is 0 Å². The van der Waals surface area contributed by atoms with Gasteiger partial charge in [-0.3, -0.25) is 0 Å². The van der Waals surface area contributed by atoms with Crippen molar-refractivity contribution in [2.75, 3.05) is 0 Å². The molecule has 1 aliphatic rings. The van der Waals surface area contributed by atoms with Gasteiger partial charge in [0.1, 0.15) is 0 Å². The van der Waals surface area contributed by atoms with Crippen molar-refractivity contribution in [3.8, 4) is 0 Å². The summed E-state index contributed by atoms with van der Waals surface area (Å²) < 4.78 is 0. The standard InChI is InChI=1S/C15H31N/c1-11(2)9-13(5)16-15-8-6-7-14(10-15)12(3)4/h11-16H,6-10H2,1-5H3. The van der Waals surface area contributed by atoms with Gasteiger partial charge in [-0.05, 0) is 43.9 Å². The molecule has 1 N–H and O–H groups in total. The van der Waals surface area contributed by atoms with E-state index in [4.69, 9.17) is 0 Å². The minimum absolute atomic E-state index is 0.691. The second-order valence-corrected chi connectivity index (χ2v) is 6.56. The maximum atomic E-state index is 3.84. The molecule has 1 fully saturated rings. The zero-order chi connectivity index (χ0) is 12.1. The third-order valence-electron chi connectivity index (χ3n) is 4.00. The van der Waals surface area contributed by atoms with E-state index in [-0.39, 0.29) is 0 Å². The molecule has 1 heteroatoms. The van der Waals surface area contributed by atoms with Crippen LogP contribution < -0.4 is 5.32 Å². The molecule has 3 atom stereocenters. The van der Waals surface area contributed by atoms with Crippen LogP contribution in [0.1, 0.15) is 66.7 Å². The monoisotopic (exact) mass is 225 g/mol. The van der Waals surface area contributed by atoms with Crippen molar-refractivity contribution in [1.29, 1.82) is 0 Å². The highest BCUT2D eigenvalue weighted by atomic mass is 14.9. The zero-order valence-electron chi connectivity index (χ0n) is 11.9. The lowest BCUT2D eigenvalue weighted by Crippen LogP contribution is -2.41. The summed E-state index contributed by atoms with van der Waals surface area (Å²) in [6, 6.07) is 1.48. The van der Waals surface area contributed by atoms with E-state index in [1.165, 1.54) is 32.1 Å². The molecule has 0 heterocycles. The van der Waals surface area contributed by atoms with Gasteiger partial charge in [0, 0.05) is 12.1 Å². The highest BCUT2D eigenvalue weighted by Gasteiger charge is 2.24. The Kier molecular flexibility index (Phi) is 5.82. The summed E-state index contributed by atoms with van der Waals surface area (Å²) in [6.07, 6.45) is 6.98. The number of rotatable bonds is 5. The molecule has 3 unspecified atom stereocenters. The molecule has 0 aromatic carbocycles. The molecule has 16 heavy (non-hydrogen) atoms. The fourth-order valence-corrected chi connectivity index (χ4v) is 3.16. The first kappa shape index (κ1) is 14.0. The van der Waals surface area contributed by atoms with Crippen molar-refractivity contribution in [3.63, 3.8) is 0 Å². The van der Waals surface area contributed by atoms with E-state index in [0.717, 1.165) is 23.8 Å². The van der Waals surface area contributed by atoms with Crippen molar-refractivity contribution >= 4 is 0 Å². The van der Waals surface area contributed by atoms with Crippen molar-refractivity contribution < 1.29 is 0 Å². The molecule has 1 aliphatic carbocycles. The van der Waals surface area contributed by atoms with Crippen LogP contribution in [0.2, 0.25) is 0 Å². The van der Waals surface area contributed by atoms with Crippen molar-refractivity contribution in [2.24, 2.45) is 17.8 Å². The summed E-state index contributed by atoms with van der Waals surface area (Å²) >= 11 is 0. The van der Waals surface area contributed by atoms with Crippen LogP contribution in [0.25, 0.3) is 0 Å². The van der Waals surface area contributed by atoms with Gasteiger partial charge < -0.3 is 5.32 Å². The van der Waals surface area contributed by atoms with Crippen molar-refractivity contribution in [2.45, 2.75) is 78.8 Å². The second kappa shape index (κ2) is 6.64. The normalized spacial score (nSPS) is 28.7. The number of hydrogen-bond donors (Lipinski definition) is 1. The molecule has 0 bridgehead atoms. The SMILES string of the molecule is CC(C)CC(C)NC1CCCC(C(C)C)C1. The highest BCUT2D eigenvalue weighted by Crippen LogP contribution is 2.30. The van der Waals surface area contributed by atoms with Gasteiger partial charge in [-0.1, -0.05) is 40.5 Å². The molecule has 0 saturated heterocycles. The quantitative estimate of drug-likeness (QED) is 0.738. The van der Waals surface area contributed by atoms with Gasteiger partial charge >= 0.3 is 0 Å². The molecule has 0 aromatic rings. The maximum absolute atomic E-state index is 3.84. The van der Waals surface area contributed by atoms with E-state index < -0.39 is 0 Å². The first-order chi connectivity index (χ1) is 7.49. The number of hydrogen-bond acceptors (Lipinski definition) is 1. The molecule has 0 aromatic heterocycles. The molecule has 0 spiro atoms. The Bertz CT molecular complexity index is 186. The molecule has 1 rings (SSSR count). The van der Waals surface area contributed by atoms with E-state index in [1.807, 2.05) is 0 Å². The van der Waals surface area contributed by atoms with E-state index in [1.54, 1.807) is 0 Å². The van der Waals surface area contributed by atoms with Gasteiger partial charge in [0.05, 0.1) is 0 Å². The van der Waals surface area contributed by atoms with Crippen LogP contribution in [0.3, 0.4) is 0 Å². The second-order valence-electron chi connectivity index (χ2n) is 6.56. The topological polar surface area (TPSA) is 12.0 Å². The Morgan fingerprint density at radius 3 is 2.31 bits per heavy atom. The summed E-state index contributed by atoms with van der Waals surface area (Å²) in [6.45, 7) is 11.7. The summed E-state index contributed by atoms with van der Waals surface area (Å²) in [7, 11) is 0. The largest absolute Gasteiger partial charge is 0.311 e. The Hall–Kier alpha value is -0.0400. The van der Waals surface area contributed by atoms with Crippen molar-refractivity contribution in [3.05, 3.63) is 0 Å². The van der Waals surface area contributed by atoms with E-state index >= 15 is 0 Å². The van der Waals surface area contributed by atoms with Gasteiger partial charge in [0.2, 0.25) is 0 Å². The lowest BCUT2D eigenvalue weighted by Gasteiger charge is -2.34. The Morgan fingerprint density at radius 2 is 1.75 bits per heavy atom. The van der Waals surface area contributed by atoms with Gasteiger partial charge in [0.25, 0.3) is 0 Å². The van der Waals surface area contributed by atoms with Crippen LogP contribution in [0, 0.1) is 17.8 Å². The molecular formula is C15H31N.